The summed E-state index contributed by atoms with van der Waals surface area (Å²) in [4.78, 5) is 12.9. The zero-order valence-electron chi connectivity index (χ0n) is 14.3. The quantitative estimate of drug-likeness (QED) is 0.687. The van der Waals surface area contributed by atoms with E-state index in [0.717, 1.165) is 43.0 Å². The molecule has 1 aromatic carbocycles. The van der Waals surface area contributed by atoms with E-state index in [4.69, 9.17) is 0 Å². The van der Waals surface area contributed by atoms with Crippen molar-refractivity contribution in [2.45, 2.75) is 25.9 Å². The van der Waals surface area contributed by atoms with E-state index in [9.17, 15) is 10.1 Å². The van der Waals surface area contributed by atoms with Crippen LogP contribution in [-0.2, 0) is 13.6 Å². The number of non-ortho nitro benzene ring substituents is 1. The molecule has 7 heteroatoms. The normalized spacial score (nSPS) is 17.8. The first-order valence-electron chi connectivity index (χ1n) is 8.09. The Morgan fingerprint density at radius 3 is 2.67 bits per heavy atom. The van der Waals surface area contributed by atoms with Crippen LogP contribution in [0.25, 0.3) is 11.3 Å². The molecular formula is C17H23N5O2. The maximum atomic E-state index is 10.8. The fourth-order valence-electron chi connectivity index (χ4n) is 3.26. The average molecular weight is 329 g/mol. The van der Waals surface area contributed by atoms with E-state index in [-0.39, 0.29) is 16.1 Å². The number of nitrogens with zero attached hydrogens (tertiary/aromatic N) is 4. The minimum Gasteiger partial charge on any atom is -0.309 e. The molecule has 0 amide bonds. The van der Waals surface area contributed by atoms with Gasteiger partial charge in [-0.15, -0.1) is 0 Å². The zero-order chi connectivity index (χ0) is 17.3. The molecule has 1 aromatic heterocycles. The van der Waals surface area contributed by atoms with Crippen molar-refractivity contribution >= 4 is 5.69 Å². The number of benzene rings is 1. The summed E-state index contributed by atoms with van der Waals surface area (Å²) in [5.74, 6) is 0. The molecule has 0 radical (unpaired) electrons. The summed E-state index contributed by atoms with van der Waals surface area (Å²) in [6.45, 7) is 8.18. The molecule has 1 fully saturated rings. The van der Waals surface area contributed by atoms with Crippen molar-refractivity contribution in [1.29, 1.82) is 0 Å². The highest BCUT2D eigenvalue weighted by atomic mass is 16.6. The number of rotatable bonds is 4. The number of nitro benzene ring substituents is 1. The van der Waals surface area contributed by atoms with Gasteiger partial charge in [0.1, 0.15) is 0 Å². The second kappa shape index (κ2) is 6.33. The molecule has 1 N–H and O–H groups in total. The number of hydrogen-bond acceptors (Lipinski definition) is 5. The third kappa shape index (κ3) is 3.63. The van der Waals surface area contributed by atoms with Gasteiger partial charge in [-0.25, -0.2) is 0 Å². The number of nitro groups is 1. The lowest BCUT2D eigenvalue weighted by Gasteiger charge is -2.39. The first-order chi connectivity index (χ1) is 11.3. The van der Waals surface area contributed by atoms with Crippen LogP contribution in [0.5, 0.6) is 0 Å². The summed E-state index contributed by atoms with van der Waals surface area (Å²) in [7, 11) is 1.90. The van der Waals surface area contributed by atoms with Gasteiger partial charge in [0, 0.05) is 68.2 Å². The topological polar surface area (TPSA) is 76.2 Å². The number of nitrogens with one attached hydrogen (secondary N) is 1. The van der Waals surface area contributed by atoms with Crippen LogP contribution in [-0.4, -0.2) is 44.8 Å². The molecule has 1 saturated heterocycles. The van der Waals surface area contributed by atoms with Gasteiger partial charge >= 0.3 is 0 Å². The van der Waals surface area contributed by atoms with Gasteiger partial charge in [0.2, 0.25) is 0 Å². The van der Waals surface area contributed by atoms with Crippen molar-refractivity contribution in [3.63, 3.8) is 0 Å². The molecular weight excluding hydrogens is 306 g/mol. The van der Waals surface area contributed by atoms with Crippen LogP contribution in [0, 0.1) is 10.1 Å². The van der Waals surface area contributed by atoms with E-state index in [0.29, 0.717) is 0 Å². The van der Waals surface area contributed by atoms with Gasteiger partial charge in [0.05, 0.1) is 10.6 Å². The number of hydrogen-bond donors (Lipinski definition) is 1. The van der Waals surface area contributed by atoms with E-state index in [1.165, 1.54) is 12.1 Å². The predicted octanol–water partition coefficient (Wildman–Crippen LogP) is 2.18. The number of aryl methyl sites for hydroxylation is 1. The van der Waals surface area contributed by atoms with Crippen molar-refractivity contribution in [3.05, 3.63) is 46.1 Å². The highest BCUT2D eigenvalue weighted by Gasteiger charge is 2.26. The Hall–Kier alpha value is -2.25. The second-order valence-corrected chi connectivity index (χ2v) is 7.00. The summed E-state index contributed by atoms with van der Waals surface area (Å²) in [6, 6.07) is 6.60. The minimum absolute atomic E-state index is 0.0973. The average Bonchev–Trinajstić information content (AvgIpc) is 2.87. The van der Waals surface area contributed by atoms with E-state index in [1.54, 1.807) is 16.8 Å². The zero-order valence-corrected chi connectivity index (χ0v) is 14.3. The second-order valence-electron chi connectivity index (χ2n) is 7.00. The van der Waals surface area contributed by atoms with Crippen molar-refractivity contribution in [2.75, 3.05) is 19.6 Å². The van der Waals surface area contributed by atoms with Crippen LogP contribution >= 0.6 is 0 Å². The molecule has 128 valence electrons. The van der Waals surface area contributed by atoms with Crippen LogP contribution < -0.4 is 5.32 Å². The SMILES string of the molecule is Cn1cc(CN2CCNC(C)(C)C2)c(-c2ccc([N+](=O)[O-])cc2)n1. The Labute approximate surface area is 141 Å². The molecule has 2 heterocycles. The van der Waals surface area contributed by atoms with Crippen LogP contribution in [0.2, 0.25) is 0 Å². The molecule has 7 nitrogen and oxygen atoms in total. The van der Waals surface area contributed by atoms with Crippen LogP contribution in [0.15, 0.2) is 30.5 Å². The first kappa shape index (κ1) is 16.6. The van der Waals surface area contributed by atoms with Gasteiger partial charge in [0.15, 0.2) is 0 Å². The van der Waals surface area contributed by atoms with Crippen molar-refractivity contribution in [2.24, 2.45) is 7.05 Å². The van der Waals surface area contributed by atoms with E-state index < -0.39 is 0 Å². The lowest BCUT2D eigenvalue weighted by molar-refractivity contribution is -0.384. The summed E-state index contributed by atoms with van der Waals surface area (Å²) < 4.78 is 1.80. The minimum atomic E-state index is -0.383. The van der Waals surface area contributed by atoms with E-state index >= 15 is 0 Å². The van der Waals surface area contributed by atoms with Crippen molar-refractivity contribution in [1.82, 2.24) is 20.0 Å². The Kier molecular flexibility index (Phi) is 4.38. The maximum Gasteiger partial charge on any atom is 0.269 e. The number of piperazine rings is 1. The Morgan fingerprint density at radius 1 is 1.33 bits per heavy atom. The summed E-state index contributed by atoms with van der Waals surface area (Å²) >= 11 is 0. The highest BCUT2D eigenvalue weighted by molar-refractivity contribution is 5.64. The van der Waals surface area contributed by atoms with Gasteiger partial charge in [-0.3, -0.25) is 19.7 Å². The van der Waals surface area contributed by atoms with Crippen LogP contribution in [0.3, 0.4) is 0 Å². The summed E-state index contributed by atoms with van der Waals surface area (Å²) in [5, 5.41) is 18.9. The molecule has 2 aromatic rings. The molecule has 0 aliphatic carbocycles. The Bertz CT molecular complexity index is 736. The van der Waals surface area contributed by atoms with Crippen LogP contribution in [0.4, 0.5) is 5.69 Å². The monoisotopic (exact) mass is 329 g/mol. The molecule has 0 unspecified atom stereocenters. The van der Waals surface area contributed by atoms with Crippen LogP contribution in [0.1, 0.15) is 19.4 Å². The molecule has 1 aliphatic heterocycles. The van der Waals surface area contributed by atoms with Gasteiger partial charge in [-0.05, 0) is 26.0 Å². The molecule has 3 rings (SSSR count). The molecule has 24 heavy (non-hydrogen) atoms. The fraction of sp³-hybridized carbons (Fsp3) is 0.471. The van der Waals surface area contributed by atoms with Gasteiger partial charge < -0.3 is 5.32 Å². The lowest BCUT2D eigenvalue weighted by atomic mass is 10.0. The van der Waals surface area contributed by atoms with Crippen molar-refractivity contribution in [3.8, 4) is 11.3 Å². The smallest absolute Gasteiger partial charge is 0.269 e. The molecule has 0 spiro atoms. The molecule has 1 aliphatic rings. The predicted molar refractivity (Wildman–Crippen MR) is 92.7 cm³/mol. The first-order valence-corrected chi connectivity index (χ1v) is 8.09. The van der Waals surface area contributed by atoms with Gasteiger partial charge in [0.25, 0.3) is 5.69 Å². The van der Waals surface area contributed by atoms with Crippen molar-refractivity contribution < 1.29 is 4.92 Å². The van der Waals surface area contributed by atoms with E-state index in [2.05, 4.69) is 29.2 Å². The van der Waals surface area contributed by atoms with Gasteiger partial charge in [-0.2, -0.15) is 5.10 Å². The largest absolute Gasteiger partial charge is 0.309 e. The van der Waals surface area contributed by atoms with E-state index in [1.807, 2.05) is 13.2 Å². The number of aromatic nitrogens is 2. The summed E-state index contributed by atoms with van der Waals surface area (Å²) in [5.41, 5.74) is 3.15. The molecule has 0 atom stereocenters. The Morgan fingerprint density at radius 2 is 2.04 bits per heavy atom. The molecule has 0 saturated carbocycles. The Balaban J connectivity index is 1.84. The lowest BCUT2D eigenvalue weighted by Crippen LogP contribution is -2.56. The fourth-order valence-corrected chi connectivity index (χ4v) is 3.26. The standard InChI is InChI=1S/C17H23N5O2/c1-17(2)12-21(9-8-18-17)11-14-10-20(3)19-16(14)13-4-6-15(7-5-13)22(23)24/h4-7,10,18H,8-9,11-12H2,1-3H3. The third-order valence-electron chi connectivity index (χ3n) is 4.30. The highest BCUT2D eigenvalue weighted by Crippen LogP contribution is 2.26. The summed E-state index contributed by atoms with van der Waals surface area (Å²) in [6.07, 6.45) is 2.03. The molecule has 0 bridgehead atoms. The maximum absolute atomic E-state index is 10.8. The van der Waals surface area contributed by atoms with Gasteiger partial charge in [-0.1, -0.05) is 0 Å². The third-order valence-corrected chi connectivity index (χ3v) is 4.30.